The molecule has 0 aliphatic heterocycles. The van der Waals surface area contributed by atoms with Gasteiger partial charge in [-0.2, -0.15) is 0 Å². The molecular formula is C27H31N7Pt. The molecule has 6 rings (SSSR count). The number of aryl methyl sites for hydroxylation is 2. The van der Waals surface area contributed by atoms with E-state index in [4.69, 9.17) is 4.98 Å². The van der Waals surface area contributed by atoms with Gasteiger partial charge in [0.15, 0.2) is 0 Å². The molecule has 4 heterocycles. The van der Waals surface area contributed by atoms with Gasteiger partial charge in [-0.25, -0.2) is 9.97 Å². The van der Waals surface area contributed by atoms with E-state index in [2.05, 4.69) is 63.3 Å². The summed E-state index contributed by atoms with van der Waals surface area (Å²) >= 11 is 0. The number of hydrogen-bond donors (Lipinski definition) is 0. The van der Waals surface area contributed by atoms with Gasteiger partial charge in [0.1, 0.15) is 5.82 Å². The van der Waals surface area contributed by atoms with E-state index in [0.29, 0.717) is 5.82 Å². The number of rotatable bonds is 2. The van der Waals surface area contributed by atoms with Gasteiger partial charge in [-0.15, -0.1) is 0 Å². The molecule has 4 aromatic rings. The van der Waals surface area contributed by atoms with Crippen LogP contribution < -0.4 is 10.2 Å². The van der Waals surface area contributed by atoms with Gasteiger partial charge in [0.25, 0.3) is 0 Å². The fourth-order valence-corrected chi connectivity index (χ4v) is 4.69. The number of fused-ring (bicyclic) bond motifs is 2. The number of hydrogen-bond acceptors (Lipinski definition) is 5. The molecule has 0 fully saturated rings. The summed E-state index contributed by atoms with van der Waals surface area (Å²) in [5.41, 5.74) is 8.96. The minimum absolute atomic E-state index is 0. The molecule has 0 spiro atoms. The molecule has 0 saturated carbocycles. The normalized spacial score (nSPS) is 14.7. The second-order valence-electron chi connectivity index (χ2n) is 10.1. The van der Waals surface area contributed by atoms with Crippen LogP contribution in [0.15, 0.2) is 36.8 Å². The first-order valence-corrected chi connectivity index (χ1v) is 12.3. The molecule has 0 aromatic carbocycles. The first-order chi connectivity index (χ1) is 16.5. The Morgan fingerprint density at radius 1 is 0.714 bits per heavy atom. The molecule has 4 aromatic heterocycles. The summed E-state index contributed by atoms with van der Waals surface area (Å²) in [5.74, 6) is 0.663. The van der Waals surface area contributed by atoms with Crippen LogP contribution in [0.25, 0.3) is 22.9 Å². The topological polar surface area (TPSA) is 92.7 Å². The van der Waals surface area contributed by atoms with E-state index in [1.54, 1.807) is 6.20 Å². The standard InChI is InChI=1S/C18H18N6.C9H13N.Pt/c1-3-7-13-11(5-1)16(23-21-13)15-9-10-19-18(20-15)17-12-6-2-4-8-14(12)22-24-17;1-9(2,3)8-4-6-10-7-5-8;/h9-10H,1-8H2;4-7H,1-3H3;/q-2;;+2. The Morgan fingerprint density at radius 2 is 1.29 bits per heavy atom. The van der Waals surface area contributed by atoms with E-state index >= 15 is 0 Å². The Balaban J connectivity index is 0.000000224. The third kappa shape index (κ3) is 5.61. The van der Waals surface area contributed by atoms with Crippen molar-refractivity contribution < 1.29 is 21.1 Å². The van der Waals surface area contributed by atoms with Gasteiger partial charge in [0.2, 0.25) is 0 Å². The van der Waals surface area contributed by atoms with Gasteiger partial charge < -0.3 is 20.4 Å². The van der Waals surface area contributed by atoms with Crippen LogP contribution in [0.1, 0.15) is 74.5 Å². The van der Waals surface area contributed by atoms with Crippen LogP contribution in [0.4, 0.5) is 0 Å². The largest absolute Gasteiger partial charge is 2.00 e. The van der Waals surface area contributed by atoms with E-state index in [0.717, 1.165) is 54.2 Å². The summed E-state index contributed by atoms with van der Waals surface area (Å²) in [4.78, 5) is 13.2. The minimum atomic E-state index is 0. The maximum absolute atomic E-state index is 4.76. The van der Waals surface area contributed by atoms with Crippen molar-refractivity contribution in [2.75, 3.05) is 0 Å². The Kier molecular flexibility index (Phi) is 7.95. The molecule has 0 radical (unpaired) electrons. The van der Waals surface area contributed by atoms with Crippen molar-refractivity contribution in [3.05, 3.63) is 64.9 Å². The summed E-state index contributed by atoms with van der Waals surface area (Å²) in [6.07, 6.45) is 14.4. The van der Waals surface area contributed by atoms with Crippen LogP contribution in [0.5, 0.6) is 0 Å². The van der Waals surface area contributed by atoms with Crippen molar-refractivity contribution in [3.8, 4) is 22.9 Å². The second-order valence-corrected chi connectivity index (χ2v) is 10.1. The van der Waals surface area contributed by atoms with E-state index in [1.807, 2.05) is 18.5 Å². The third-order valence-electron chi connectivity index (χ3n) is 6.65. The monoisotopic (exact) mass is 648 g/mol. The smallest absolute Gasteiger partial charge is 0.573 e. The van der Waals surface area contributed by atoms with Crippen molar-refractivity contribution in [1.29, 1.82) is 0 Å². The summed E-state index contributed by atoms with van der Waals surface area (Å²) in [7, 11) is 0. The molecule has 2 aliphatic carbocycles. The summed E-state index contributed by atoms with van der Waals surface area (Å²) in [6.45, 7) is 6.59. The predicted octanol–water partition coefficient (Wildman–Crippen LogP) is 4.65. The zero-order chi connectivity index (χ0) is 23.5. The summed E-state index contributed by atoms with van der Waals surface area (Å²) < 4.78 is 0. The van der Waals surface area contributed by atoms with Crippen molar-refractivity contribution >= 4 is 0 Å². The van der Waals surface area contributed by atoms with E-state index < -0.39 is 0 Å². The molecule has 2 aliphatic rings. The number of pyridine rings is 1. The maximum atomic E-state index is 4.76. The van der Waals surface area contributed by atoms with Gasteiger partial charge in [-0.1, -0.05) is 32.2 Å². The number of nitrogens with zero attached hydrogens (tertiary/aromatic N) is 7. The quantitative estimate of drug-likeness (QED) is 0.313. The van der Waals surface area contributed by atoms with E-state index in [9.17, 15) is 0 Å². The van der Waals surface area contributed by atoms with Crippen molar-refractivity contribution in [2.24, 2.45) is 0 Å². The molecule has 0 saturated heterocycles. The van der Waals surface area contributed by atoms with Crippen LogP contribution >= 0.6 is 0 Å². The Morgan fingerprint density at radius 3 is 1.89 bits per heavy atom. The van der Waals surface area contributed by atoms with Gasteiger partial charge in [0.05, 0.1) is 5.69 Å². The van der Waals surface area contributed by atoms with Crippen molar-refractivity contribution in [2.45, 2.75) is 77.6 Å². The molecule has 35 heavy (non-hydrogen) atoms. The Labute approximate surface area is 221 Å². The fraction of sp³-hybridized carbons (Fsp3) is 0.444. The number of aromatic nitrogens is 7. The molecule has 7 nitrogen and oxygen atoms in total. The molecule has 0 amide bonds. The van der Waals surface area contributed by atoms with Crippen LogP contribution in [0, 0.1) is 0 Å². The third-order valence-corrected chi connectivity index (χ3v) is 6.65. The first-order valence-electron chi connectivity index (χ1n) is 12.3. The van der Waals surface area contributed by atoms with Crippen molar-refractivity contribution in [1.82, 2.24) is 35.3 Å². The molecule has 0 unspecified atom stereocenters. The van der Waals surface area contributed by atoms with Gasteiger partial charge in [-0.3, -0.25) is 4.98 Å². The summed E-state index contributed by atoms with van der Waals surface area (Å²) in [6, 6.07) is 6.03. The molecule has 184 valence electrons. The minimum Gasteiger partial charge on any atom is -0.573 e. The van der Waals surface area contributed by atoms with E-state index in [-0.39, 0.29) is 26.5 Å². The van der Waals surface area contributed by atoms with Gasteiger partial charge >= 0.3 is 21.1 Å². The van der Waals surface area contributed by atoms with Crippen LogP contribution in [0.2, 0.25) is 0 Å². The Bertz CT molecular complexity index is 1180. The average molecular weight is 649 g/mol. The fourth-order valence-electron chi connectivity index (χ4n) is 4.69. The van der Waals surface area contributed by atoms with Crippen molar-refractivity contribution in [3.63, 3.8) is 0 Å². The molecule has 8 heteroatoms. The molecular weight excluding hydrogens is 617 g/mol. The SMILES string of the molecule is CC(C)(C)c1ccncc1.[Pt+2].c1cc(-c2[n-]nc3c2CCCC3)nc(-c2[n-]nc3c2CCCC3)n1. The van der Waals surface area contributed by atoms with Crippen LogP contribution in [-0.2, 0) is 52.2 Å². The van der Waals surface area contributed by atoms with Crippen LogP contribution in [0.3, 0.4) is 0 Å². The first kappa shape index (κ1) is 25.4. The molecule has 0 bridgehead atoms. The zero-order valence-electron chi connectivity index (χ0n) is 20.6. The molecule has 0 N–H and O–H groups in total. The predicted molar refractivity (Wildman–Crippen MR) is 131 cm³/mol. The second kappa shape index (κ2) is 10.9. The average Bonchev–Trinajstić information content (AvgIpc) is 3.49. The molecule has 0 atom stereocenters. The zero-order valence-corrected chi connectivity index (χ0v) is 22.8. The van der Waals surface area contributed by atoms with E-state index in [1.165, 1.54) is 42.4 Å². The van der Waals surface area contributed by atoms with Gasteiger partial charge in [0, 0.05) is 30.0 Å². The van der Waals surface area contributed by atoms with Gasteiger partial charge in [-0.05, 0) is 91.7 Å². The summed E-state index contributed by atoms with van der Waals surface area (Å²) in [5, 5.41) is 17.5. The van der Waals surface area contributed by atoms with Crippen LogP contribution in [-0.4, -0.2) is 25.1 Å². The maximum Gasteiger partial charge on any atom is 2.00 e. The Hall–Kier alpha value is -2.66.